The summed E-state index contributed by atoms with van der Waals surface area (Å²) in [6.45, 7) is 4.59. The summed E-state index contributed by atoms with van der Waals surface area (Å²) < 4.78 is 0. The number of rotatable bonds is 2. The van der Waals surface area contributed by atoms with Crippen LogP contribution in [0.15, 0.2) is 18.2 Å². The van der Waals surface area contributed by atoms with Crippen molar-refractivity contribution in [3.63, 3.8) is 0 Å². The Morgan fingerprint density at radius 1 is 1.05 bits per heavy atom. The van der Waals surface area contributed by atoms with Crippen LogP contribution in [-0.2, 0) is 0 Å². The summed E-state index contributed by atoms with van der Waals surface area (Å²) in [4.78, 5) is 2.44. The van der Waals surface area contributed by atoms with Crippen LogP contribution in [-0.4, -0.2) is 26.2 Å². The van der Waals surface area contributed by atoms with Gasteiger partial charge in [-0.15, -0.1) is 0 Å². The van der Waals surface area contributed by atoms with Crippen LogP contribution in [0.2, 0.25) is 5.02 Å². The molecule has 19 heavy (non-hydrogen) atoms. The lowest BCUT2D eigenvalue weighted by molar-refractivity contribution is 0.460. The second-order valence-corrected chi connectivity index (χ2v) is 6.19. The van der Waals surface area contributed by atoms with Crippen molar-refractivity contribution in [1.82, 2.24) is 5.32 Å². The molecule has 0 amide bonds. The van der Waals surface area contributed by atoms with Crippen molar-refractivity contribution in [3.8, 4) is 0 Å². The molecule has 0 aliphatic carbocycles. The zero-order valence-corrected chi connectivity index (χ0v) is 12.3. The summed E-state index contributed by atoms with van der Waals surface area (Å²) >= 11 is 6.52. The molecular weight excluding hydrogens is 256 g/mol. The standard InChI is InChI=1S/C16H23ClN2/c17-15-12-14(13-6-8-18-9-7-13)4-5-16(15)19-10-2-1-3-11-19/h4-5,12-13,18H,1-3,6-11H2. The third-order valence-corrected chi connectivity index (χ3v) is 4.78. The van der Waals surface area contributed by atoms with E-state index in [0.29, 0.717) is 5.92 Å². The van der Waals surface area contributed by atoms with Crippen molar-refractivity contribution in [1.29, 1.82) is 0 Å². The Morgan fingerprint density at radius 3 is 2.47 bits per heavy atom. The molecule has 0 bridgehead atoms. The van der Waals surface area contributed by atoms with Gasteiger partial charge in [0.25, 0.3) is 0 Å². The minimum absolute atomic E-state index is 0.689. The number of anilines is 1. The maximum absolute atomic E-state index is 6.52. The van der Waals surface area contributed by atoms with Gasteiger partial charge in [0.2, 0.25) is 0 Å². The van der Waals surface area contributed by atoms with E-state index in [9.17, 15) is 0 Å². The van der Waals surface area contributed by atoms with E-state index < -0.39 is 0 Å². The van der Waals surface area contributed by atoms with E-state index in [-0.39, 0.29) is 0 Å². The van der Waals surface area contributed by atoms with Crippen molar-refractivity contribution in [2.24, 2.45) is 0 Å². The van der Waals surface area contributed by atoms with E-state index in [2.05, 4.69) is 28.4 Å². The summed E-state index contributed by atoms with van der Waals surface area (Å²) in [6, 6.07) is 6.75. The minimum atomic E-state index is 0.689. The minimum Gasteiger partial charge on any atom is -0.370 e. The quantitative estimate of drug-likeness (QED) is 0.885. The summed E-state index contributed by atoms with van der Waals surface area (Å²) in [5, 5.41) is 4.36. The van der Waals surface area contributed by atoms with Gasteiger partial charge < -0.3 is 10.2 Å². The molecule has 2 nitrogen and oxygen atoms in total. The van der Waals surface area contributed by atoms with Gasteiger partial charge in [-0.2, -0.15) is 0 Å². The smallest absolute Gasteiger partial charge is 0.0642 e. The van der Waals surface area contributed by atoms with Crippen LogP contribution in [0.4, 0.5) is 5.69 Å². The molecule has 1 N–H and O–H groups in total. The third-order valence-electron chi connectivity index (χ3n) is 4.48. The molecule has 3 rings (SSSR count). The number of hydrogen-bond acceptors (Lipinski definition) is 2. The molecule has 2 fully saturated rings. The zero-order chi connectivity index (χ0) is 13.1. The van der Waals surface area contributed by atoms with E-state index in [0.717, 1.165) is 31.2 Å². The molecule has 2 heterocycles. The number of nitrogens with one attached hydrogen (secondary N) is 1. The van der Waals surface area contributed by atoms with E-state index in [1.807, 2.05) is 0 Å². The molecular formula is C16H23ClN2. The van der Waals surface area contributed by atoms with Crippen molar-refractivity contribution in [2.75, 3.05) is 31.1 Å². The van der Waals surface area contributed by atoms with Crippen LogP contribution >= 0.6 is 11.6 Å². The van der Waals surface area contributed by atoms with Crippen LogP contribution in [0, 0.1) is 0 Å². The SMILES string of the molecule is Clc1cc(C2CCNCC2)ccc1N1CCCCC1. The van der Waals surface area contributed by atoms with Crippen LogP contribution < -0.4 is 10.2 Å². The van der Waals surface area contributed by atoms with Crippen LogP contribution in [0.3, 0.4) is 0 Å². The van der Waals surface area contributed by atoms with Gasteiger partial charge in [-0.05, 0) is 68.8 Å². The Labute approximate surface area is 121 Å². The second kappa shape index (κ2) is 6.15. The largest absolute Gasteiger partial charge is 0.370 e. The van der Waals surface area contributed by atoms with E-state index in [1.165, 1.54) is 43.4 Å². The normalized spacial score (nSPS) is 21.6. The second-order valence-electron chi connectivity index (χ2n) is 5.78. The highest BCUT2D eigenvalue weighted by Gasteiger charge is 2.18. The Balaban J connectivity index is 1.76. The molecule has 104 valence electrons. The van der Waals surface area contributed by atoms with Gasteiger partial charge in [-0.1, -0.05) is 17.7 Å². The predicted molar refractivity (Wildman–Crippen MR) is 82.4 cm³/mol. The fourth-order valence-electron chi connectivity index (χ4n) is 3.32. The van der Waals surface area contributed by atoms with Crippen LogP contribution in [0.5, 0.6) is 0 Å². The van der Waals surface area contributed by atoms with Gasteiger partial charge in [0.1, 0.15) is 0 Å². The van der Waals surface area contributed by atoms with Crippen LogP contribution in [0.1, 0.15) is 43.6 Å². The molecule has 0 saturated carbocycles. The Morgan fingerprint density at radius 2 is 1.79 bits per heavy atom. The van der Waals surface area contributed by atoms with Crippen LogP contribution in [0.25, 0.3) is 0 Å². The molecule has 0 unspecified atom stereocenters. The fourth-order valence-corrected chi connectivity index (χ4v) is 3.63. The number of piperidine rings is 2. The van der Waals surface area contributed by atoms with Gasteiger partial charge >= 0.3 is 0 Å². The van der Waals surface area contributed by atoms with Crippen molar-refractivity contribution in [2.45, 2.75) is 38.0 Å². The van der Waals surface area contributed by atoms with Crippen molar-refractivity contribution >= 4 is 17.3 Å². The van der Waals surface area contributed by atoms with Gasteiger partial charge in [0, 0.05) is 13.1 Å². The number of nitrogens with zero attached hydrogens (tertiary/aromatic N) is 1. The van der Waals surface area contributed by atoms with Crippen molar-refractivity contribution < 1.29 is 0 Å². The van der Waals surface area contributed by atoms with E-state index >= 15 is 0 Å². The highest BCUT2D eigenvalue weighted by molar-refractivity contribution is 6.33. The Kier molecular flexibility index (Phi) is 4.29. The molecule has 1 aromatic rings. The van der Waals surface area contributed by atoms with Crippen molar-refractivity contribution in [3.05, 3.63) is 28.8 Å². The average molecular weight is 279 g/mol. The lowest BCUT2D eigenvalue weighted by atomic mass is 9.90. The van der Waals surface area contributed by atoms with Gasteiger partial charge in [-0.3, -0.25) is 0 Å². The Hall–Kier alpha value is -0.730. The zero-order valence-electron chi connectivity index (χ0n) is 11.5. The number of hydrogen-bond donors (Lipinski definition) is 1. The maximum atomic E-state index is 6.52. The van der Waals surface area contributed by atoms with E-state index in [1.54, 1.807) is 0 Å². The topological polar surface area (TPSA) is 15.3 Å². The predicted octanol–water partition coefficient (Wildman–Crippen LogP) is 3.80. The first kappa shape index (κ1) is 13.3. The van der Waals surface area contributed by atoms with Gasteiger partial charge in [0.15, 0.2) is 0 Å². The number of benzene rings is 1. The molecule has 0 aromatic heterocycles. The Bertz CT molecular complexity index is 421. The highest BCUT2D eigenvalue weighted by Crippen LogP contribution is 2.33. The molecule has 2 aliphatic rings. The maximum Gasteiger partial charge on any atom is 0.0642 e. The summed E-state index contributed by atoms with van der Waals surface area (Å²) in [7, 11) is 0. The number of halogens is 1. The monoisotopic (exact) mass is 278 g/mol. The molecule has 2 aliphatic heterocycles. The lowest BCUT2D eigenvalue weighted by Gasteiger charge is -2.30. The summed E-state index contributed by atoms with van der Waals surface area (Å²) in [6.07, 6.45) is 6.43. The molecule has 3 heteroatoms. The van der Waals surface area contributed by atoms with E-state index in [4.69, 9.17) is 11.6 Å². The molecule has 2 saturated heterocycles. The lowest BCUT2D eigenvalue weighted by Crippen LogP contribution is -2.29. The fraction of sp³-hybridized carbons (Fsp3) is 0.625. The molecule has 0 spiro atoms. The molecule has 0 atom stereocenters. The first-order chi connectivity index (χ1) is 9.34. The third kappa shape index (κ3) is 3.06. The summed E-state index contributed by atoms with van der Waals surface area (Å²) in [5.41, 5.74) is 2.66. The molecule has 0 radical (unpaired) electrons. The first-order valence-corrected chi connectivity index (χ1v) is 7.97. The average Bonchev–Trinajstić information content (AvgIpc) is 2.49. The first-order valence-electron chi connectivity index (χ1n) is 7.60. The highest BCUT2D eigenvalue weighted by atomic mass is 35.5. The van der Waals surface area contributed by atoms with Gasteiger partial charge in [0.05, 0.1) is 10.7 Å². The molecule has 1 aromatic carbocycles. The van der Waals surface area contributed by atoms with Gasteiger partial charge in [-0.25, -0.2) is 0 Å². The summed E-state index contributed by atoms with van der Waals surface area (Å²) in [5.74, 6) is 0.689.